The number of benzene rings is 1. The number of thiophene rings is 1. The third kappa shape index (κ3) is 3.44. The number of hydrogen-bond acceptors (Lipinski definition) is 7. The van der Waals surface area contributed by atoms with Crippen LogP contribution in [0, 0.1) is 0 Å². The van der Waals surface area contributed by atoms with Gasteiger partial charge in [0, 0.05) is 4.88 Å². The van der Waals surface area contributed by atoms with Gasteiger partial charge in [-0.3, -0.25) is 4.79 Å². The first-order valence-electron chi connectivity index (χ1n) is 9.29. The molecular formula is C20H17N5O3S. The number of ether oxygens (including phenoxy) is 1. The highest BCUT2D eigenvalue weighted by Gasteiger charge is 2.21. The third-order valence-corrected chi connectivity index (χ3v) is 6.15. The van der Waals surface area contributed by atoms with Gasteiger partial charge in [-0.2, -0.15) is 5.10 Å². The average Bonchev–Trinajstić information content (AvgIpc) is 3.44. The van der Waals surface area contributed by atoms with Crippen LogP contribution in [0.25, 0.3) is 10.2 Å². The van der Waals surface area contributed by atoms with E-state index >= 15 is 0 Å². The number of aromatic amines is 1. The van der Waals surface area contributed by atoms with Crippen LogP contribution in [0.3, 0.4) is 0 Å². The van der Waals surface area contributed by atoms with E-state index in [9.17, 15) is 9.59 Å². The summed E-state index contributed by atoms with van der Waals surface area (Å²) in [6.45, 7) is 0.499. The Labute approximate surface area is 169 Å². The first-order valence-corrected chi connectivity index (χ1v) is 10.1. The molecule has 29 heavy (non-hydrogen) atoms. The SMILES string of the molecule is O=C(OCc1nc2sc3c(c2c(=O)[nH]1)CCC3)c1ccc(Cn2cncn2)cc1. The van der Waals surface area contributed by atoms with Crippen molar-refractivity contribution in [1.29, 1.82) is 0 Å². The maximum Gasteiger partial charge on any atom is 0.338 e. The Morgan fingerprint density at radius 2 is 2.10 bits per heavy atom. The monoisotopic (exact) mass is 407 g/mol. The van der Waals surface area contributed by atoms with E-state index in [1.165, 1.54) is 11.2 Å². The Morgan fingerprint density at radius 3 is 2.90 bits per heavy atom. The highest BCUT2D eigenvalue weighted by Crippen LogP contribution is 2.34. The highest BCUT2D eigenvalue weighted by molar-refractivity contribution is 7.18. The predicted molar refractivity (Wildman–Crippen MR) is 107 cm³/mol. The van der Waals surface area contributed by atoms with E-state index in [0.29, 0.717) is 23.3 Å². The molecule has 0 bridgehead atoms. The summed E-state index contributed by atoms with van der Waals surface area (Å²) in [5.74, 6) is -0.104. The number of carbonyl (C=O) groups excluding carboxylic acids is 1. The number of nitrogens with zero attached hydrogens (tertiary/aromatic N) is 4. The number of fused-ring (bicyclic) bond motifs is 3. The molecular weight excluding hydrogens is 390 g/mol. The predicted octanol–water partition coefficient (Wildman–Crippen LogP) is 2.47. The summed E-state index contributed by atoms with van der Waals surface area (Å²) in [6, 6.07) is 7.10. The molecule has 0 aliphatic heterocycles. The van der Waals surface area contributed by atoms with Gasteiger partial charge in [0.1, 0.15) is 29.9 Å². The molecule has 1 aliphatic carbocycles. The van der Waals surface area contributed by atoms with Crippen molar-refractivity contribution in [2.45, 2.75) is 32.4 Å². The van der Waals surface area contributed by atoms with E-state index in [1.54, 1.807) is 34.5 Å². The fraction of sp³-hybridized carbons (Fsp3) is 0.250. The Balaban J connectivity index is 1.27. The van der Waals surface area contributed by atoms with E-state index in [1.807, 2.05) is 12.1 Å². The second-order valence-corrected chi connectivity index (χ2v) is 8.00. The summed E-state index contributed by atoms with van der Waals surface area (Å²) in [5, 5.41) is 4.75. The molecule has 4 aromatic rings. The zero-order valence-electron chi connectivity index (χ0n) is 15.4. The summed E-state index contributed by atoms with van der Waals surface area (Å²) in [6.07, 6.45) is 6.14. The maximum absolute atomic E-state index is 12.5. The van der Waals surface area contributed by atoms with Crippen molar-refractivity contribution < 1.29 is 9.53 Å². The van der Waals surface area contributed by atoms with E-state index < -0.39 is 5.97 Å². The number of nitrogens with one attached hydrogen (secondary N) is 1. The summed E-state index contributed by atoms with van der Waals surface area (Å²) < 4.78 is 7.05. The van der Waals surface area contributed by atoms with Crippen molar-refractivity contribution in [3.63, 3.8) is 0 Å². The molecule has 1 aromatic carbocycles. The standard InChI is InChI=1S/C20H17N5O3S/c26-18-17-14-2-1-3-15(14)29-19(17)24-16(23-18)9-28-20(27)13-6-4-12(5-7-13)8-25-11-21-10-22-25/h4-7,10-11H,1-3,8-9H2,(H,23,24,26). The van der Waals surface area contributed by atoms with Crippen LogP contribution in [0.2, 0.25) is 0 Å². The third-order valence-electron chi connectivity index (χ3n) is 4.96. The van der Waals surface area contributed by atoms with Crippen LogP contribution in [-0.2, 0) is 30.7 Å². The molecule has 0 amide bonds. The number of hydrogen-bond donors (Lipinski definition) is 1. The van der Waals surface area contributed by atoms with Crippen LogP contribution in [0.5, 0.6) is 0 Å². The lowest BCUT2D eigenvalue weighted by Crippen LogP contribution is -2.14. The molecule has 0 spiro atoms. The largest absolute Gasteiger partial charge is 0.454 e. The Hall–Kier alpha value is -3.33. The summed E-state index contributed by atoms with van der Waals surface area (Å²) in [5.41, 5.74) is 2.41. The molecule has 1 N–H and O–H groups in total. The van der Waals surface area contributed by atoms with Gasteiger partial charge in [-0.25, -0.2) is 19.4 Å². The minimum atomic E-state index is -0.464. The van der Waals surface area contributed by atoms with E-state index in [-0.39, 0.29) is 12.2 Å². The number of H-pyrrole nitrogens is 1. The number of rotatable bonds is 5. The second kappa shape index (κ2) is 7.25. The minimum Gasteiger partial charge on any atom is -0.454 e. The topological polar surface area (TPSA) is 103 Å². The van der Waals surface area contributed by atoms with Gasteiger partial charge < -0.3 is 9.72 Å². The molecule has 5 rings (SSSR count). The number of aromatic nitrogens is 5. The summed E-state index contributed by atoms with van der Waals surface area (Å²) >= 11 is 1.57. The summed E-state index contributed by atoms with van der Waals surface area (Å²) in [7, 11) is 0. The van der Waals surface area contributed by atoms with Gasteiger partial charge in [-0.1, -0.05) is 12.1 Å². The molecule has 3 aromatic heterocycles. The lowest BCUT2D eigenvalue weighted by atomic mass is 10.1. The molecule has 0 unspecified atom stereocenters. The van der Waals surface area contributed by atoms with Gasteiger partial charge in [-0.15, -0.1) is 11.3 Å². The minimum absolute atomic E-state index is 0.0761. The maximum atomic E-state index is 12.5. The normalized spacial score (nSPS) is 13.0. The lowest BCUT2D eigenvalue weighted by molar-refractivity contribution is 0.0462. The van der Waals surface area contributed by atoms with Gasteiger partial charge in [0.2, 0.25) is 0 Å². The summed E-state index contributed by atoms with van der Waals surface area (Å²) in [4.78, 5) is 37.9. The molecule has 0 radical (unpaired) electrons. The van der Waals surface area contributed by atoms with Gasteiger partial charge in [0.05, 0.1) is 17.5 Å². The molecule has 1 aliphatic rings. The van der Waals surface area contributed by atoms with Gasteiger partial charge in [0.15, 0.2) is 0 Å². The smallest absolute Gasteiger partial charge is 0.338 e. The van der Waals surface area contributed by atoms with Crippen molar-refractivity contribution in [3.05, 3.63) is 74.7 Å². The van der Waals surface area contributed by atoms with E-state index in [2.05, 4.69) is 20.1 Å². The molecule has 0 saturated heterocycles. The molecule has 3 heterocycles. The molecule has 0 fully saturated rings. The van der Waals surface area contributed by atoms with E-state index in [0.717, 1.165) is 35.2 Å². The van der Waals surface area contributed by atoms with Crippen molar-refractivity contribution in [1.82, 2.24) is 24.7 Å². The fourth-order valence-corrected chi connectivity index (χ4v) is 4.86. The van der Waals surface area contributed by atoms with E-state index in [4.69, 9.17) is 4.74 Å². The number of esters is 1. The molecule has 0 saturated carbocycles. The zero-order valence-corrected chi connectivity index (χ0v) is 16.2. The van der Waals surface area contributed by atoms with Crippen LogP contribution >= 0.6 is 11.3 Å². The van der Waals surface area contributed by atoms with Crippen LogP contribution in [0.15, 0.2) is 41.7 Å². The number of carbonyl (C=O) groups is 1. The van der Waals surface area contributed by atoms with Gasteiger partial charge >= 0.3 is 5.97 Å². The quantitative estimate of drug-likeness (QED) is 0.510. The van der Waals surface area contributed by atoms with Crippen LogP contribution in [0.1, 0.15) is 38.6 Å². The van der Waals surface area contributed by atoms with Crippen LogP contribution in [-0.4, -0.2) is 30.7 Å². The molecule has 9 heteroatoms. The Kier molecular flexibility index (Phi) is 4.44. The molecule has 8 nitrogen and oxygen atoms in total. The average molecular weight is 407 g/mol. The molecule has 146 valence electrons. The van der Waals surface area contributed by atoms with Gasteiger partial charge in [0.25, 0.3) is 5.56 Å². The highest BCUT2D eigenvalue weighted by atomic mass is 32.1. The van der Waals surface area contributed by atoms with Crippen molar-refractivity contribution in [3.8, 4) is 0 Å². The van der Waals surface area contributed by atoms with Gasteiger partial charge in [-0.05, 0) is 42.5 Å². The first kappa shape index (κ1) is 17.7. The fourth-order valence-electron chi connectivity index (χ4n) is 3.58. The van der Waals surface area contributed by atoms with Crippen molar-refractivity contribution >= 4 is 27.5 Å². The van der Waals surface area contributed by atoms with Crippen LogP contribution in [0.4, 0.5) is 0 Å². The zero-order chi connectivity index (χ0) is 19.8. The Morgan fingerprint density at radius 1 is 1.24 bits per heavy atom. The second-order valence-electron chi connectivity index (χ2n) is 6.92. The first-order chi connectivity index (χ1) is 14.2. The van der Waals surface area contributed by atoms with Crippen LogP contribution < -0.4 is 5.56 Å². The number of aryl methyl sites for hydroxylation is 2. The Bertz CT molecular complexity index is 1240. The van der Waals surface area contributed by atoms with Crippen molar-refractivity contribution in [2.75, 3.05) is 0 Å². The lowest BCUT2D eigenvalue weighted by Gasteiger charge is -2.06. The van der Waals surface area contributed by atoms with Crippen molar-refractivity contribution in [2.24, 2.45) is 0 Å². The molecule has 0 atom stereocenters.